The van der Waals surface area contributed by atoms with E-state index in [1.54, 1.807) is 13.1 Å². The van der Waals surface area contributed by atoms with Crippen LogP contribution in [0.1, 0.15) is 5.56 Å². The zero-order valence-corrected chi connectivity index (χ0v) is 9.70. The van der Waals surface area contributed by atoms with Gasteiger partial charge in [-0.3, -0.25) is 0 Å². The van der Waals surface area contributed by atoms with Crippen LogP contribution < -0.4 is 11.1 Å². The molecule has 0 bridgehead atoms. The van der Waals surface area contributed by atoms with Crippen molar-refractivity contribution in [2.75, 3.05) is 7.05 Å². The predicted octanol–water partition coefficient (Wildman–Crippen LogP) is 1.82. The van der Waals surface area contributed by atoms with E-state index in [4.69, 9.17) is 5.73 Å². The molecule has 0 aliphatic heterocycles. The number of nitrogens with zero attached hydrogens (tertiary/aromatic N) is 1. The molecule has 0 spiro atoms. The van der Waals surface area contributed by atoms with Gasteiger partial charge >= 0.3 is 6.03 Å². The van der Waals surface area contributed by atoms with Gasteiger partial charge in [0.2, 0.25) is 0 Å². The molecular formula is C11H14ClN3O. The predicted molar refractivity (Wildman–Crippen MR) is 68.8 cm³/mol. The number of halogens is 1. The number of benzene rings is 1. The number of primary amides is 1. The third-order valence-corrected chi connectivity index (χ3v) is 1.72. The summed E-state index contributed by atoms with van der Waals surface area (Å²) in [5.41, 5.74) is 5.97. The molecule has 0 heterocycles. The molecule has 0 saturated heterocycles. The Bertz CT molecular complexity index is 387. The van der Waals surface area contributed by atoms with E-state index in [0.717, 1.165) is 5.56 Å². The number of carbonyl (C=O) groups is 1. The number of rotatable bonds is 2. The minimum absolute atomic E-state index is 0. The van der Waals surface area contributed by atoms with Gasteiger partial charge < -0.3 is 11.1 Å². The van der Waals surface area contributed by atoms with Crippen LogP contribution in [0.3, 0.4) is 0 Å². The molecule has 16 heavy (non-hydrogen) atoms. The van der Waals surface area contributed by atoms with Gasteiger partial charge in [-0.2, -0.15) is 4.99 Å². The number of amides is 2. The molecule has 0 aliphatic carbocycles. The van der Waals surface area contributed by atoms with Crippen LogP contribution in [0.15, 0.2) is 41.4 Å². The maximum atomic E-state index is 10.5. The summed E-state index contributed by atoms with van der Waals surface area (Å²) < 4.78 is 0. The maximum absolute atomic E-state index is 10.5. The van der Waals surface area contributed by atoms with Crippen LogP contribution in [0.25, 0.3) is 6.08 Å². The van der Waals surface area contributed by atoms with Crippen molar-refractivity contribution in [3.8, 4) is 0 Å². The van der Waals surface area contributed by atoms with E-state index in [-0.39, 0.29) is 12.4 Å². The van der Waals surface area contributed by atoms with Gasteiger partial charge in [-0.25, -0.2) is 4.79 Å². The third-order valence-electron chi connectivity index (χ3n) is 1.72. The zero-order chi connectivity index (χ0) is 11.1. The highest BCUT2D eigenvalue weighted by molar-refractivity contribution is 6.02. The highest BCUT2D eigenvalue weighted by Gasteiger charge is 1.92. The monoisotopic (exact) mass is 239 g/mol. The zero-order valence-electron chi connectivity index (χ0n) is 8.88. The molecule has 0 aromatic heterocycles. The molecule has 4 nitrogen and oxygen atoms in total. The van der Waals surface area contributed by atoms with Crippen LogP contribution in [0.2, 0.25) is 0 Å². The third kappa shape index (κ3) is 5.17. The number of hydrogen-bond acceptors (Lipinski definition) is 1. The van der Waals surface area contributed by atoms with Gasteiger partial charge in [0.05, 0.1) is 0 Å². The van der Waals surface area contributed by atoms with Gasteiger partial charge in [0.1, 0.15) is 5.84 Å². The van der Waals surface area contributed by atoms with Crippen LogP contribution >= 0.6 is 12.4 Å². The van der Waals surface area contributed by atoms with Crippen molar-refractivity contribution < 1.29 is 4.79 Å². The van der Waals surface area contributed by atoms with Crippen LogP contribution in [0, 0.1) is 0 Å². The largest absolute Gasteiger partial charge is 0.373 e. The molecular weight excluding hydrogens is 226 g/mol. The fourth-order valence-corrected chi connectivity index (χ4v) is 1.03. The highest BCUT2D eigenvalue weighted by Crippen LogP contribution is 2.00. The smallest absolute Gasteiger partial charge is 0.340 e. The van der Waals surface area contributed by atoms with E-state index < -0.39 is 6.03 Å². The first-order valence-corrected chi connectivity index (χ1v) is 4.51. The maximum Gasteiger partial charge on any atom is 0.340 e. The Morgan fingerprint density at radius 2 is 2.00 bits per heavy atom. The summed E-state index contributed by atoms with van der Waals surface area (Å²) >= 11 is 0. The Morgan fingerprint density at radius 3 is 2.50 bits per heavy atom. The molecule has 5 heteroatoms. The summed E-state index contributed by atoms with van der Waals surface area (Å²) in [4.78, 5) is 14.1. The van der Waals surface area contributed by atoms with Gasteiger partial charge in [-0.1, -0.05) is 36.4 Å². The number of hydrogen-bond donors (Lipinski definition) is 2. The van der Waals surface area contributed by atoms with Crippen molar-refractivity contribution in [3.05, 3.63) is 42.0 Å². The van der Waals surface area contributed by atoms with Crippen molar-refractivity contribution >= 4 is 30.3 Å². The van der Waals surface area contributed by atoms with E-state index in [1.165, 1.54) is 0 Å². The van der Waals surface area contributed by atoms with Gasteiger partial charge in [0.15, 0.2) is 0 Å². The molecule has 86 valence electrons. The summed E-state index contributed by atoms with van der Waals surface area (Å²) in [6, 6.07) is 9.00. The number of nitrogens with one attached hydrogen (secondary N) is 1. The van der Waals surface area contributed by atoms with E-state index in [1.807, 2.05) is 36.4 Å². The van der Waals surface area contributed by atoms with Crippen LogP contribution in [-0.2, 0) is 0 Å². The molecule has 0 unspecified atom stereocenters. The number of amidine groups is 1. The Hall–Kier alpha value is -1.81. The van der Waals surface area contributed by atoms with Crippen molar-refractivity contribution in [2.45, 2.75) is 0 Å². The summed E-state index contributed by atoms with van der Waals surface area (Å²) in [6.45, 7) is 0. The number of nitrogens with two attached hydrogens (primary N) is 1. The first-order valence-electron chi connectivity index (χ1n) is 4.51. The number of aliphatic imine (C=N–C) groups is 1. The van der Waals surface area contributed by atoms with E-state index >= 15 is 0 Å². The van der Waals surface area contributed by atoms with Crippen LogP contribution in [0.5, 0.6) is 0 Å². The lowest BCUT2D eigenvalue weighted by Crippen LogP contribution is -2.19. The standard InChI is InChI=1S/C11H13N3O.ClH/c1-13-10(14-11(12)15)8-7-9-5-3-2-4-6-9;/h2-8H,1H3,(H3,12,13,14,15);1H. The van der Waals surface area contributed by atoms with Crippen molar-refractivity contribution in [1.82, 2.24) is 5.32 Å². The summed E-state index contributed by atoms with van der Waals surface area (Å²) in [5, 5.41) is 2.77. The number of urea groups is 1. The molecule has 2 amide bonds. The Morgan fingerprint density at radius 1 is 1.38 bits per heavy atom. The average molecular weight is 240 g/mol. The van der Waals surface area contributed by atoms with Gasteiger partial charge in [-0.15, -0.1) is 12.4 Å². The summed E-state index contributed by atoms with van der Waals surface area (Å²) in [5.74, 6) is 0.436. The van der Waals surface area contributed by atoms with Gasteiger partial charge in [-0.05, 0) is 11.6 Å². The fourth-order valence-electron chi connectivity index (χ4n) is 1.03. The molecule has 0 fully saturated rings. The van der Waals surface area contributed by atoms with Crippen molar-refractivity contribution in [3.63, 3.8) is 0 Å². The normalized spacial score (nSPS) is 10.9. The lowest BCUT2D eigenvalue weighted by Gasteiger charge is -1.97. The van der Waals surface area contributed by atoms with Gasteiger partial charge in [0.25, 0.3) is 0 Å². The average Bonchev–Trinajstić information content (AvgIpc) is 2.25. The quantitative estimate of drug-likeness (QED) is 0.611. The Balaban J connectivity index is 0.00000225. The lowest BCUT2D eigenvalue weighted by molar-refractivity contribution is 0.256. The lowest BCUT2D eigenvalue weighted by atomic mass is 10.2. The Kier molecular flexibility index (Phi) is 6.63. The second-order valence-corrected chi connectivity index (χ2v) is 2.83. The second kappa shape index (κ2) is 7.48. The van der Waals surface area contributed by atoms with E-state index in [0.29, 0.717) is 5.84 Å². The van der Waals surface area contributed by atoms with E-state index in [9.17, 15) is 4.79 Å². The van der Waals surface area contributed by atoms with E-state index in [2.05, 4.69) is 10.3 Å². The first kappa shape index (κ1) is 14.2. The number of carbonyl (C=O) groups excluding carboxylic acids is 1. The summed E-state index contributed by atoms with van der Waals surface area (Å²) in [7, 11) is 1.68. The molecule has 3 N–H and O–H groups in total. The molecule has 0 aliphatic rings. The highest BCUT2D eigenvalue weighted by atomic mass is 35.5. The Labute approximate surface area is 101 Å². The first-order chi connectivity index (χ1) is 7.22. The minimum Gasteiger partial charge on any atom is -0.373 e. The minimum atomic E-state index is -0.711. The molecule has 0 saturated carbocycles. The molecule has 1 aromatic rings. The van der Waals surface area contributed by atoms with Crippen LogP contribution in [-0.4, -0.2) is 18.9 Å². The topological polar surface area (TPSA) is 67.5 Å². The second-order valence-electron chi connectivity index (χ2n) is 2.83. The van der Waals surface area contributed by atoms with Gasteiger partial charge in [0, 0.05) is 7.05 Å². The fraction of sp³-hybridized carbons (Fsp3) is 0.0909. The number of likely N-dealkylation sites (N-methyl/N-ethyl adjacent to an activating group) is 1. The van der Waals surface area contributed by atoms with Crippen molar-refractivity contribution in [2.24, 2.45) is 10.7 Å². The van der Waals surface area contributed by atoms with Crippen LogP contribution in [0.4, 0.5) is 4.79 Å². The molecule has 1 rings (SSSR count). The molecule has 0 radical (unpaired) electrons. The summed E-state index contributed by atoms with van der Waals surface area (Å²) in [6.07, 6.45) is 3.54. The molecule has 0 atom stereocenters. The molecule has 1 aromatic carbocycles. The van der Waals surface area contributed by atoms with Crippen molar-refractivity contribution in [1.29, 1.82) is 0 Å². The SMILES string of the molecule is CNC(C=Cc1ccccc1)=NC(N)=O.Cl.